The van der Waals surface area contributed by atoms with Gasteiger partial charge in [0.25, 0.3) is 0 Å². The molecule has 0 saturated carbocycles. The van der Waals surface area contributed by atoms with Gasteiger partial charge >= 0.3 is 0 Å². The molecule has 6 atom stereocenters. The maximum atomic E-state index is 11.6. The van der Waals surface area contributed by atoms with E-state index >= 15 is 0 Å². The first-order chi connectivity index (χ1) is 12.6. The zero-order chi connectivity index (χ0) is 20.4. The average molecular weight is 384 g/mol. The molecule has 1 fully saturated rings. The summed E-state index contributed by atoms with van der Waals surface area (Å²) >= 11 is 0. The van der Waals surface area contributed by atoms with E-state index in [1.54, 1.807) is 18.2 Å². The zero-order valence-electron chi connectivity index (χ0n) is 15.6. The normalized spacial score (nSPS) is 35.1. The molecule has 2 rings (SSSR count). The Balaban J connectivity index is 1.97. The number of carbonyl (C=O) groups excluding carboxylic acids is 1. The zero-order valence-corrected chi connectivity index (χ0v) is 15.6. The molecule has 0 aromatic carbocycles. The second kappa shape index (κ2) is 8.74. The van der Waals surface area contributed by atoms with E-state index in [4.69, 9.17) is 14.6 Å². The van der Waals surface area contributed by atoms with Gasteiger partial charge in [-0.15, -0.1) is 0 Å². The maximum Gasteiger partial charge on any atom is 0.186 e. The summed E-state index contributed by atoms with van der Waals surface area (Å²) in [7, 11) is 0. The first kappa shape index (κ1) is 21.9. The van der Waals surface area contributed by atoms with Gasteiger partial charge in [0.05, 0.1) is 19.3 Å². The van der Waals surface area contributed by atoms with E-state index in [0.29, 0.717) is 0 Å². The van der Waals surface area contributed by atoms with E-state index in [9.17, 15) is 25.2 Å². The van der Waals surface area contributed by atoms with Gasteiger partial charge in [0.1, 0.15) is 24.4 Å². The highest BCUT2D eigenvalue weighted by molar-refractivity contribution is 6.01. The van der Waals surface area contributed by atoms with Crippen molar-refractivity contribution in [2.45, 2.75) is 57.6 Å². The summed E-state index contributed by atoms with van der Waals surface area (Å²) in [6.07, 6.45) is -1.52. The highest BCUT2D eigenvalue weighted by Crippen LogP contribution is 2.39. The number of rotatable bonds is 6. The SMILES string of the molecule is CC1=CC(=O)C=C(C)C1(C)/C=C/[C@H](O)CO[C@@H]1O[C@H](CO)[C@@H](O)[C@H](O)[C@H]1O. The number of ether oxygens (including phenoxy) is 2. The van der Waals surface area contributed by atoms with Crippen LogP contribution in [0.4, 0.5) is 0 Å². The molecule has 2 aliphatic rings. The Morgan fingerprint density at radius 3 is 2.33 bits per heavy atom. The minimum Gasteiger partial charge on any atom is -0.394 e. The van der Waals surface area contributed by atoms with E-state index in [1.165, 1.54) is 6.08 Å². The summed E-state index contributed by atoms with van der Waals surface area (Å²) in [4.78, 5) is 11.6. The molecule has 0 unspecified atom stereocenters. The lowest BCUT2D eigenvalue weighted by molar-refractivity contribution is -0.303. The molecule has 0 spiro atoms. The third-order valence-corrected chi connectivity index (χ3v) is 5.29. The Morgan fingerprint density at radius 2 is 1.78 bits per heavy atom. The number of carbonyl (C=O) groups is 1. The smallest absolute Gasteiger partial charge is 0.186 e. The van der Waals surface area contributed by atoms with Crippen LogP contribution >= 0.6 is 0 Å². The van der Waals surface area contributed by atoms with E-state index in [2.05, 4.69) is 0 Å². The molecule has 1 heterocycles. The first-order valence-electron chi connectivity index (χ1n) is 8.81. The summed E-state index contributed by atoms with van der Waals surface area (Å²) in [5.41, 5.74) is 1.20. The molecule has 8 heteroatoms. The van der Waals surface area contributed by atoms with E-state index < -0.39 is 48.8 Å². The highest BCUT2D eigenvalue weighted by atomic mass is 16.7. The lowest BCUT2D eigenvalue weighted by Gasteiger charge is -2.39. The van der Waals surface area contributed by atoms with Gasteiger partial charge in [0, 0.05) is 5.41 Å². The van der Waals surface area contributed by atoms with Crippen LogP contribution in [-0.2, 0) is 14.3 Å². The number of allylic oxidation sites excluding steroid dienone is 5. The summed E-state index contributed by atoms with van der Waals surface area (Å²) in [6, 6.07) is 0. The van der Waals surface area contributed by atoms with Gasteiger partial charge in [0.2, 0.25) is 0 Å². The second-order valence-corrected chi connectivity index (χ2v) is 7.22. The lowest BCUT2D eigenvalue weighted by Crippen LogP contribution is -2.59. The van der Waals surface area contributed by atoms with Gasteiger partial charge in [-0.3, -0.25) is 4.79 Å². The Bertz CT molecular complexity index is 614. The van der Waals surface area contributed by atoms with Gasteiger partial charge < -0.3 is 35.0 Å². The minimum atomic E-state index is -1.53. The van der Waals surface area contributed by atoms with Crippen LogP contribution in [0.15, 0.2) is 35.5 Å². The monoisotopic (exact) mass is 384 g/mol. The molecule has 1 saturated heterocycles. The van der Waals surface area contributed by atoms with Gasteiger partial charge in [0.15, 0.2) is 12.1 Å². The van der Waals surface area contributed by atoms with Crippen LogP contribution in [0.25, 0.3) is 0 Å². The largest absolute Gasteiger partial charge is 0.394 e. The number of hydrogen-bond donors (Lipinski definition) is 5. The summed E-state index contributed by atoms with van der Waals surface area (Å²) < 4.78 is 10.5. The van der Waals surface area contributed by atoms with Gasteiger partial charge in [-0.1, -0.05) is 23.3 Å². The first-order valence-corrected chi connectivity index (χ1v) is 8.81. The summed E-state index contributed by atoms with van der Waals surface area (Å²) in [5, 5.41) is 48.7. The van der Waals surface area contributed by atoms with Gasteiger partial charge in [-0.05, 0) is 32.9 Å². The van der Waals surface area contributed by atoms with Crippen molar-refractivity contribution in [1.82, 2.24) is 0 Å². The fraction of sp³-hybridized carbons (Fsp3) is 0.632. The molecule has 5 N–H and O–H groups in total. The molecule has 0 bridgehead atoms. The maximum absolute atomic E-state index is 11.6. The van der Waals surface area contributed by atoms with Crippen molar-refractivity contribution in [3.63, 3.8) is 0 Å². The Kier molecular flexibility index (Phi) is 7.09. The van der Waals surface area contributed by atoms with E-state index in [-0.39, 0.29) is 12.4 Å². The summed E-state index contributed by atoms with van der Waals surface area (Å²) in [6.45, 7) is 4.82. The molecule has 0 aromatic heterocycles. The van der Waals surface area contributed by atoms with Crippen LogP contribution in [0.3, 0.4) is 0 Å². The molecular formula is C19H28O8. The standard InChI is InChI=1S/C19H28O8/c1-10-6-13(22)7-11(2)19(10,3)5-4-12(21)9-26-18-17(25)16(24)15(23)14(8-20)27-18/h4-7,12,14-18,20-21,23-25H,8-9H2,1-3H3/b5-4+/t12-,14+,15+,16-,17+,18+/m0/s1. The minimum absolute atomic E-state index is 0.0672. The number of hydrogen-bond acceptors (Lipinski definition) is 8. The predicted molar refractivity (Wildman–Crippen MR) is 95.5 cm³/mol. The van der Waals surface area contributed by atoms with Crippen LogP contribution in [0, 0.1) is 5.41 Å². The average Bonchev–Trinajstić information content (AvgIpc) is 2.62. The van der Waals surface area contributed by atoms with Crippen LogP contribution in [-0.4, -0.2) is 81.3 Å². The van der Waals surface area contributed by atoms with Crippen molar-refractivity contribution in [3.8, 4) is 0 Å². The number of ketones is 1. The van der Waals surface area contributed by atoms with Crippen LogP contribution < -0.4 is 0 Å². The van der Waals surface area contributed by atoms with Crippen molar-refractivity contribution < 1.29 is 39.8 Å². The Hall–Kier alpha value is -1.39. The second-order valence-electron chi connectivity index (χ2n) is 7.22. The number of aliphatic hydroxyl groups excluding tert-OH is 5. The van der Waals surface area contributed by atoms with E-state index in [1.807, 2.05) is 20.8 Å². The third kappa shape index (κ3) is 4.72. The molecule has 1 aliphatic heterocycles. The highest BCUT2D eigenvalue weighted by Gasteiger charge is 2.44. The fourth-order valence-electron chi connectivity index (χ4n) is 3.10. The Labute approximate surface area is 158 Å². The lowest BCUT2D eigenvalue weighted by atomic mass is 9.73. The molecule has 27 heavy (non-hydrogen) atoms. The predicted octanol–water partition coefficient (Wildman–Crippen LogP) is -0.798. The quantitative estimate of drug-likeness (QED) is 0.376. The molecule has 152 valence electrons. The van der Waals surface area contributed by atoms with Crippen LogP contribution in [0.5, 0.6) is 0 Å². The molecule has 0 radical (unpaired) electrons. The topological polar surface area (TPSA) is 137 Å². The van der Waals surface area contributed by atoms with Crippen molar-refractivity contribution >= 4 is 5.78 Å². The summed E-state index contributed by atoms with van der Waals surface area (Å²) in [5.74, 6) is -0.0672. The fourth-order valence-corrected chi connectivity index (χ4v) is 3.10. The van der Waals surface area contributed by atoms with Gasteiger partial charge in [-0.25, -0.2) is 0 Å². The van der Waals surface area contributed by atoms with Gasteiger partial charge in [-0.2, -0.15) is 0 Å². The van der Waals surface area contributed by atoms with Crippen molar-refractivity contribution in [3.05, 3.63) is 35.5 Å². The molecule has 0 aromatic rings. The molecule has 1 aliphatic carbocycles. The number of aliphatic hydroxyl groups is 5. The Morgan fingerprint density at radius 1 is 1.19 bits per heavy atom. The van der Waals surface area contributed by atoms with Crippen molar-refractivity contribution in [2.75, 3.05) is 13.2 Å². The van der Waals surface area contributed by atoms with Crippen molar-refractivity contribution in [1.29, 1.82) is 0 Å². The van der Waals surface area contributed by atoms with E-state index in [0.717, 1.165) is 11.1 Å². The van der Waals surface area contributed by atoms with Crippen LogP contribution in [0.1, 0.15) is 20.8 Å². The molecule has 8 nitrogen and oxygen atoms in total. The molecular weight excluding hydrogens is 356 g/mol. The third-order valence-electron chi connectivity index (χ3n) is 5.29. The van der Waals surface area contributed by atoms with Crippen molar-refractivity contribution in [2.24, 2.45) is 5.41 Å². The van der Waals surface area contributed by atoms with Crippen LogP contribution in [0.2, 0.25) is 0 Å². The molecule has 0 amide bonds.